The van der Waals surface area contributed by atoms with E-state index in [4.69, 9.17) is 0 Å². The summed E-state index contributed by atoms with van der Waals surface area (Å²) in [5.41, 5.74) is 1.93. The fourth-order valence-electron chi connectivity index (χ4n) is 2.31. The molecule has 1 atom stereocenters. The second-order valence-electron chi connectivity index (χ2n) is 5.02. The molecule has 4 nitrogen and oxygen atoms in total. The van der Waals surface area contributed by atoms with Crippen LogP contribution in [0.5, 0.6) is 0 Å². The second kappa shape index (κ2) is 4.98. The number of carbonyl (C=O) groups is 1. The molecular formula is C14H20N2O2. The van der Waals surface area contributed by atoms with Gasteiger partial charge in [-0.25, -0.2) is 4.79 Å². The first-order valence-corrected chi connectivity index (χ1v) is 6.20. The molecule has 1 aromatic rings. The molecule has 0 aromatic heterocycles. The fourth-order valence-corrected chi connectivity index (χ4v) is 2.31. The predicted octanol–water partition coefficient (Wildman–Crippen LogP) is 1.66. The van der Waals surface area contributed by atoms with E-state index >= 15 is 0 Å². The Labute approximate surface area is 108 Å². The highest BCUT2D eigenvalue weighted by Crippen LogP contribution is 2.26. The van der Waals surface area contributed by atoms with Crippen LogP contribution >= 0.6 is 0 Å². The number of nitrogens with one attached hydrogen (secondary N) is 1. The number of hydrogen-bond acceptors (Lipinski definition) is 4. The van der Waals surface area contributed by atoms with Gasteiger partial charge in [0.2, 0.25) is 0 Å². The third-order valence-corrected chi connectivity index (χ3v) is 3.73. The Hall–Kier alpha value is -1.55. The zero-order chi connectivity index (χ0) is 13.2. The first-order valence-electron chi connectivity index (χ1n) is 6.20. The van der Waals surface area contributed by atoms with E-state index in [2.05, 4.69) is 21.9 Å². The van der Waals surface area contributed by atoms with Crippen molar-refractivity contribution in [2.45, 2.75) is 18.9 Å². The lowest BCUT2D eigenvalue weighted by atomic mass is 10.0. The molecule has 1 unspecified atom stereocenters. The monoisotopic (exact) mass is 248 g/mol. The Bertz CT molecular complexity index is 430. The lowest BCUT2D eigenvalue weighted by molar-refractivity contribution is 0.0601. The van der Waals surface area contributed by atoms with Gasteiger partial charge in [0.1, 0.15) is 0 Å². The standard InChI is InChI=1S/C14H20N2O2/c1-14(15-2)8-9-16(10-14)12-6-4-11(5-7-12)13(17)18-3/h4-7,15H,8-10H2,1-3H3. The number of carbonyl (C=O) groups excluding carboxylic acids is 1. The van der Waals surface area contributed by atoms with E-state index in [1.165, 1.54) is 7.11 Å². The van der Waals surface area contributed by atoms with E-state index in [0.717, 1.165) is 25.2 Å². The third kappa shape index (κ3) is 2.48. The summed E-state index contributed by atoms with van der Waals surface area (Å²) in [5, 5.41) is 3.36. The summed E-state index contributed by atoms with van der Waals surface area (Å²) in [4.78, 5) is 13.7. The number of methoxy groups -OCH3 is 1. The van der Waals surface area contributed by atoms with Crippen molar-refractivity contribution in [1.82, 2.24) is 5.32 Å². The van der Waals surface area contributed by atoms with Crippen molar-refractivity contribution in [2.75, 3.05) is 32.1 Å². The number of anilines is 1. The highest BCUT2D eigenvalue weighted by atomic mass is 16.5. The number of esters is 1. The van der Waals surface area contributed by atoms with Crippen molar-refractivity contribution >= 4 is 11.7 Å². The Balaban J connectivity index is 2.09. The molecule has 0 radical (unpaired) electrons. The number of benzene rings is 1. The molecule has 1 aromatic carbocycles. The molecule has 0 bridgehead atoms. The van der Waals surface area contributed by atoms with E-state index in [1.54, 1.807) is 0 Å². The smallest absolute Gasteiger partial charge is 0.337 e. The SMILES string of the molecule is CNC1(C)CCN(c2ccc(C(=O)OC)cc2)C1. The minimum Gasteiger partial charge on any atom is -0.465 e. The Morgan fingerprint density at radius 1 is 1.39 bits per heavy atom. The quantitative estimate of drug-likeness (QED) is 0.826. The topological polar surface area (TPSA) is 41.6 Å². The van der Waals surface area contributed by atoms with Crippen molar-refractivity contribution in [1.29, 1.82) is 0 Å². The summed E-state index contributed by atoms with van der Waals surface area (Å²) in [6, 6.07) is 7.59. The van der Waals surface area contributed by atoms with Gasteiger partial charge in [0.15, 0.2) is 0 Å². The van der Waals surface area contributed by atoms with Gasteiger partial charge in [-0.2, -0.15) is 0 Å². The third-order valence-electron chi connectivity index (χ3n) is 3.73. The summed E-state index contributed by atoms with van der Waals surface area (Å²) in [6.45, 7) is 4.26. The molecular weight excluding hydrogens is 228 g/mol. The molecule has 1 fully saturated rings. The van der Waals surface area contributed by atoms with E-state index < -0.39 is 0 Å². The van der Waals surface area contributed by atoms with E-state index in [-0.39, 0.29) is 11.5 Å². The van der Waals surface area contributed by atoms with Crippen molar-refractivity contribution in [2.24, 2.45) is 0 Å². The normalized spacial score (nSPS) is 23.2. The molecule has 0 amide bonds. The van der Waals surface area contributed by atoms with Gasteiger partial charge in [-0.3, -0.25) is 0 Å². The number of hydrogen-bond donors (Lipinski definition) is 1. The molecule has 0 spiro atoms. The van der Waals surface area contributed by atoms with Crippen LogP contribution in [0.2, 0.25) is 0 Å². The molecule has 2 rings (SSSR count). The maximum Gasteiger partial charge on any atom is 0.337 e. The first-order chi connectivity index (χ1) is 8.58. The van der Waals surface area contributed by atoms with E-state index in [0.29, 0.717) is 5.56 Å². The molecule has 1 aliphatic rings. The second-order valence-corrected chi connectivity index (χ2v) is 5.02. The largest absolute Gasteiger partial charge is 0.465 e. The highest BCUT2D eigenvalue weighted by molar-refractivity contribution is 5.89. The summed E-state index contributed by atoms with van der Waals surface area (Å²) in [5.74, 6) is -0.289. The molecule has 0 saturated carbocycles. The van der Waals surface area contributed by atoms with Crippen LogP contribution in [-0.2, 0) is 4.74 Å². The number of nitrogens with zero attached hydrogens (tertiary/aromatic N) is 1. The van der Waals surface area contributed by atoms with Gasteiger partial charge < -0.3 is 15.0 Å². The Morgan fingerprint density at radius 2 is 2.06 bits per heavy atom. The van der Waals surface area contributed by atoms with Gasteiger partial charge in [0, 0.05) is 24.3 Å². The van der Waals surface area contributed by atoms with Gasteiger partial charge >= 0.3 is 5.97 Å². The van der Waals surface area contributed by atoms with Crippen LogP contribution in [0, 0.1) is 0 Å². The van der Waals surface area contributed by atoms with Gasteiger partial charge in [-0.15, -0.1) is 0 Å². The summed E-state index contributed by atoms with van der Waals surface area (Å²) in [7, 11) is 3.40. The molecule has 1 N–H and O–H groups in total. The summed E-state index contributed by atoms with van der Waals surface area (Å²) >= 11 is 0. The van der Waals surface area contributed by atoms with Crippen LogP contribution in [-0.4, -0.2) is 38.8 Å². The summed E-state index contributed by atoms with van der Waals surface area (Å²) < 4.78 is 4.69. The molecule has 1 heterocycles. The van der Waals surface area contributed by atoms with Crippen LogP contribution in [0.4, 0.5) is 5.69 Å². The first kappa shape index (κ1) is 12.9. The van der Waals surface area contributed by atoms with Crippen molar-refractivity contribution < 1.29 is 9.53 Å². The van der Waals surface area contributed by atoms with Crippen LogP contribution in [0.1, 0.15) is 23.7 Å². The molecule has 18 heavy (non-hydrogen) atoms. The lowest BCUT2D eigenvalue weighted by Gasteiger charge is -2.25. The molecule has 0 aliphatic carbocycles. The number of likely N-dealkylation sites (N-methyl/N-ethyl adjacent to an activating group) is 1. The van der Waals surface area contributed by atoms with Crippen LogP contribution in [0.15, 0.2) is 24.3 Å². The maximum absolute atomic E-state index is 11.3. The average molecular weight is 248 g/mol. The molecule has 1 aliphatic heterocycles. The van der Waals surface area contributed by atoms with Crippen molar-refractivity contribution in [3.8, 4) is 0 Å². The highest BCUT2D eigenvalue weighted by Gasteiger charge is 2.32. The van der Waals surface area contributed by atoms with Crippen molar-refractivity contribution in [3.05, 3.63) is 29.8 Å². The molecule has 98 valence electrons. The van der Waals surface area contributed by atoms with Crippen LogP contribution < -0.4 is 10.2 Å². The molecule has 1 saturated heterocycles. The Kier molecular flexibility index (Phi) is 3.57. The van der Waals surface area contributed by atoms with Crippen LogP contribution in [0.3, 0.4) is 0 Å². The van der Waals surface area contributed by atoms with Gasteiger partial charge in [0.05, 0.1) is 12.7 Å². The average Bonchev–Trinajstić information content (AvgIpc) is 2.81. The van der Waals surface area contributed by atoms with Crippen molar-refractivity contribution in [3.63, 3.8) is 0 Å². The maximum atomic E-state index is 11.3. The number of ether oxygens (including phenoxy) is 1. The number of rotatable bonds is 3. The predicted molar refractivity (Wildman–Crippen MR) is 72.1 cm³/mol. The zero-order valence-corrected chi connectivity index (χ0v) is 11.2. The Morgan fingerprint density at radius 3 is 2.56 bits per heavy atom. The molecule has 4 heteroatoms. The minimum absolute atomic E-state index is 0.182. The van der Waals surface area contributed by atoms with E-state index in [9.17, 15) is 4.79 Å². The van der Waals surface area contributed by atoms with E-state index in [1.807, 2.05) is 31.3 Å². The lowest BCUT2D eigenvalue weighted by Crippen LogP contribution is -2.42. The zero-order valence-electron chi connectivity index (χ0n) is 11.2. The van der Waals surface area contributed by atoms with Crippen LogP contribution in [0.25, 0.3) is 0 Å². The summed E-state index contributed by atoms with van der Waals surface area (Å²) in [6.07, 6.45) is 1.13. The van der Waals surface area contributed by atoms with Gasteiger partial charge in [-0.1, -0.05) is 0 Å². The fraction of sp³-hybridized carbons (Fsp3) is 0.500. The van der Waals surface area contributed by atoms with Gasteiger partial charge in [0.25, 0.3) is 0 Å². The van der Waals surface area contributed by atoms with Gasteiger partial charge in [-0.05, 0) is 44.7 Å². The minimum atomic E-state index is -0.289.